The van der Waals surface area contributed by atoms with Gasteiger partial charge >= 0.3 is 0 Å². The van der Waals surface area contributed by atoms with Gasteiger partial charge in [-0.1, -0.05) is 35.3 Å². The van der Waals surface area contributed by atoms with E-state index in [1.54, 1.807) is 36.4 Å². The summed E-state index contributed by atoms with van der Waals surface area (Å²) in [5.41, 5.74) is 1.85. The molecule has 1 heterocycles. The van der Waals surface area contributed by atoms with E-state index in [1.807, 2.05) is 0 Å². The van der Waals surface area contributed by atoms with E-state index in [2.05, 4.69) is 15.6 Å². The number of oxazole rings is 1. The van der Waals surface area contributed by atoms with E-state index in [-0.39, 0.29) is 16.4 Å². The smallest absolute Gasteiger partial charge is 0.282 e. The van der Waals surface area contributed by atoms with Crippen LogP contribution in [0.1, 0.15) is 10.4 Å². The Morgan fingerprint density at radius 2 is 1.81 bits per heavy atom. The molecule has 8 nitrogen and oxygen atoms in total. The van der Waals surface area contributed by atoms with Gasteiger partial charge in [0.15, 0.2) is 10.7 Å². The van der Waals surface area contributed by atoms with Crippen molar-refractivity contribution < 1.29 is 14.1 Å². The largest absolute Gasteiger partial charge is 0.435 e. The quantitative estimate of drug-likeness (QED) is 0.212. The van der Waals surface area contributed by atoms with Crippen LogP contribution in [0.15, 0.2) is 65.1 Å². The van der Waals surface area contributed by atoms with Crippen LogP contribution in [0, 0.1) is 10.1 Å². The number of aromatic nitrogens is 1. The van der Waals surface area contributed by atoms with Gasteiger partial charge in [0.2, 0.25) is 5.89 Å². The molecular formula is C21H12Cl2N4O4S. The summed E-state index contributed by atoms with van der Waals surface area (Å²) in [4.78, 5) is 27.2. The van der Waals surface area contributed by atoms with Gasteiger partial charge in [0, 0.05) is 22.3 Å². The van der Waals surface area contributed by atoms with Crippen LogP contribution in [0.5, 0.6) is 0 Å². The van der Waals surface area contributed by atoms with E-state index in [0.29, 0.717) is 38.3 Å². The average molecular weight is 487 g/mol. The van der Waals surface area contributed by atoms with Gasteiger partial charge in [0.25, 0.3) is 11.6 Å². The number of nitrogens with zero attached hydrogens (tertiary/aromatic N) is 2. The van der Waals surface area contributed by atoms with Gasteiger partial charge in [0.05, 0.1) is 9.95 Å². The number of carbonyl (C=O) groups excluding carboxylic acids is 1. The van der Waals surface area contributed by atoms with Crippen LogP contribution in [0.3, 0.4) is 0 Å². The summed E-state index contributed by atoms with van der Waals surface area (Å²) in [6.07, 6.45) is 0. The van der Waals surface area contributed by atoms with Crippen molar-refractivity contribution in [2.75, 3.05) is 5.32 Å². The number of carbonyl (C=O) groups is 1. The zero-order valence-corrected chi connectivity index (χ0v) is 18.3. The molecule has 0 atom stereocenters. The molecule has 1 aromatic heterocycles. The summed E-state index contributed by atoms with van der Waals surface area (Å²) < 4.78 is 5.73. The molecule has 0 aliphatic carbocycles. The van der Waals surface area contributed by atoms with E-state index in [1.165, 1.54) is 24.3 Å². The maximum atomic E-state index is 12.4. The minimum Gasteiger partial charge on any atom is -0.435 e. The molecule has 0 aliphatic heterocycles. The Morgan fingerprint density at radius 3 is 2.53 bits per heavy atom. The number of hydrogen-bond acceptors (Lipinski definition) is 6. The van der Waals surface area contributed by atoms with E-state index >= 15 is 0 Å². The maximum absolute atomic E-state index is 12.4. The third kappa shape index (κ3) is 4.54. The van der Waals surface area contributed by atoms with Crippen molar-refractivity contribution in [2.24, 2.45) is 0 Å². The van der Waals surface area contributed by atoms with Crippen LogP contribution < -0.4 is 10.6 Å². The number of thiocarbonyl (C=S) groups is 1. The zero-order valence-electron chi connectivity index (χ0n) is 16.0. The fraction of sp³-hybridized carbons (Fsp3) is 0. The molecule has 0 bridgehead atoms. The van der Waals surface area contributed by atoms with Crippen molar-refractivity contribution in [3.63, 3.8) is 0 Å². The van der Waals surface area contributed by atoms with Gasteiger partial charge < -0.3 is 9.73 Å². The molecule has 0 saturated carbocycles. The second-order valence-electron chi connectivity index (χ2n) is 6.51. The van der Waals surface area contributed by atoms with Crippen molar-refractivity contribution >= 4 is 68.9 Å². The first-order chi connectivity index (χ1) is 15.3. The molecule has 32 heavy (non-hydrogen) atoms. The highest BCUT2D eigenvalue weighted by atomic mass is 35.5. The van der Waals surface area contributed by atoms with Crippen LogP contribution >= 0.6 is 35.4 Å². The SMILES string of the molecule is O=C(NC(=S)Nc1ccc(-c2nc3cc(Cl)cc(Cl)c3o2)cc1)c1ccccc1[N+](=O)[O-]. The van der Waals surface area contributed by atoms with Gasteiger partial charge in [-0.2, -0.15) is 0 Å². The standard InChI is InChI=1S/C21H12Cl2N4O4S/c22-12-9-15(23)18-16(10-12)25-20(31-18)11-5-7-13(8-6-11)24-21(32)26-19(28)14-3-1-2-4-17(14)27(29)30/h1-10H,(H2,24,26,28,32). The zero-order chi connectivity index (χ0) is 22.8. The lowest BCUT2D eigenvalue weighted by molar-refractivity contribution is -0.385. The molecule has 2 N–H and O–H groups in total. The van der Waals surface area contributed by atoms with Crippen molar-refractivity contribution in [2.45, 2.75) is 0 Å². The Labute approximate surface area is 196 Å². The number of para-hydroxylation sites is 1. The minimum absolute atomic E-state index is 0.0100. The number of amides is 1. The fourth-order valence-corrected chi connectivity index (χ4v) is 3.67. The first-order valence-corrected chi connectivity index (χ1v) is 10.2. The van der Waals surface area contributed by atoms with E-state index in [0.717, 1.165) is 0 Å². The first-order valence-electron chi connectivity index (χ1n) is 9.03. The average Bonchev–Trinajstić information content (AvgIpc) is 3.18. The van der Waals surface area contributed by atoms with Gasteiger partial charge in [0.1, 0.15) is 11.1 Å². The molecule has 160 valence electrons. The summed E-state index contributed by atoms with van der Waals surface area (Å²) in [5.74, 6) is -0.323. The number of nitro benzene ring substituents is 1. The number of nitrogens with one attached hydrogen (secondary N) is 2. The molecule has 3 aromatic carbocycles. The second-order valence-corrected chi connectivity index (χ2v) is 7.77. The number of anilines is 1. The van der Waals surface area contributed by atoms with Gasteiger partial charge in [-0.25, -0.2) is 4.98 Å². The van der Waals surface area contributed by atoms with Crippen LogP contribution in [-0.2, 0) is 0 Å². The lowest BCUT2D eigenvalue weighted by Gasteiger charge is -2.10. The van der Waals surface area contributed by atoms with Crippen molar-refractivity contribution in [3.05, 3.63) is 86.4 Å². The highest BCUT2D eigenvalue weighted by Gasteiger charge is 2.20. The van der Waals surface area contributed by atoms with E-state index in [4.69, 9.17) is 39.8 Å². The predicted molar refractivity (Wildman–Crippen MR) is 126 cm³/mol. The molecular weight excluding hydrogens is 475 g/mol. The number of benzene rings is 3. The van der Waals surface area contributed by atoms with Crippen LogP contribution in [0.4, 0.5) is 11.4 Å². The van der Waals surface area contributed by atoms with Crippen molar-refractivity contribution in [3.8, 4) is 11.5 Å². The number of hydrogen-bond donors (Lipinski definition) is 2. The second kappa shape index (κ2) is 8.91. The number of nitro groups is 1. The number of fused-ring (bicyclic) bond motifs is 1. The Hall–Kier alpha value is -3.53. The van der Waals surface area contributed by atoms with Gasteiger partial charge in [-0.05, 0) is 54.7 Å². The molecule has 0 saturated heterocycles. The lowest BCUT2D eigenvalue weighted by Crippen LogP contribution is -2.34. The summed E-state index contributed by atoms with van der Waals surface area (Å²) >= 11 is 17.3. The number of rotatable bonds is 4. The summed E-state index contributed by atoms with van der Waals surface area (Å²) in [7, 11) is 0. The highest BCUT2D eigenvalue weighted by Crippen LogP contribution is 2.32. The molecule has 0 unspecified atom stereocenters. The van der Waals surface area contributed by atoms with Gasteiger partial charge in [-0.3, -0.25) is 20.2 Å². The Balaban J connectivity index is 1.46. The monoisotopic (exact) mass is 486 g/mol. The molecule has 0 spiro atoms. The molecule has 4 aromatic rings. The molecule has 0 fully saturated rings. The lowest BCUT2D eigenvalue weighted by atomic mass is 10.1. The minimum atomic E-state index is -0.687. The van der Waals surface area contributed by atoms with E-state index in [9.17, 15) is 14.9 Å². The highest BCUT2D eigenvalue weighted by molar-refractivity contribution is 7.80. The Bertz CT molecular complexity index is 1370. The van der Waals surface area contributed by atoms with E-state index < -0.39 is 10.8 Å². The Kier molecular flexibility index (Phi) is 6.04. The van der Waals surface area contributed by atoms with Crippen molar-refractivity contribution in [1.29, 1.82) is 0 Å². The topological polar surface area (TPSA) is 110 Å². The molecule has 1 amide bonds. The van der Waals surface area contributed by atoms with Gasteiger partial charge in [-0.15, -0.1) is 0 Å². The molecule has 11 heteroatoms. The third-order valence-electron chi connectivity index (χ3n) is 4.37. The summed E-state index contributed by atoms with van der Waals surface area (Å²) in [5, 5.41) is 17.2. The van der Waals surface area contributed by atoms with Crippen LogP contribution in [0.2, 0.25) is 10.0 Å². The fourth-order valence-electron chi connectivity index (χ4n) is 2.94. The van der Waals surface area contributed by atoms with Crippen LogP contribution in [0.25, 0.3) is 22.6 Å². The Morgan fingerprint density at radius 1 is 1.09 bits per heavy atom. The maximum Gasteiger partial charge on any atom is 0.282 e. The summed E-state index contributed by atoms with van der Waals surface area (Å²) in [6, 6.07) is 15.8. The molecule has 4 rings (SSSR count). The first kappa shape index (κ1) is 21.7. The third-order valence-corrected chi connectivity index (χ3v) is 5.07. The summed E-state index contributed by atoms with van der Waals surface area (Å²) in [6.45, 7) is 0. The van der Waals surface area contributed by atoms with Crippen molar-refractivity contribution in [1.82, 2.24) is 10.3 Å². The molecule has 0 aliphatic rings. The van der Waals surface area contributed by atoms with Crippen LogP contribution in [-0.4, -0.2) is 20.9 Å². The predicted octanol–water partition coefficient (Wildman–Crippen LogP) is 5.84. The molecule has 0 radical (unpaired) electrons. The number of halogens is 2. The normalized spacial score (nSPS) is 10.7.